The van der Waals surface area contributed by atoms with Crippen LogP contribution in [0.4, 0.5) is 0 Å². The van der Waals surface area contributed by atoms with Gasteiger partial charge in [0.05, 0.1) is 17.3 Å². The molecule has 0 aliphatic carbocycles. The number of hydrogen-bond donors (Lipinski definition) is 1. The van der Waals surface area contributed by atoms with E-state index < -0.39 is 24.4 Å². The van der Waals surface area contributed by atoms with Crippen molar-refractivity contribution < 1.29 is 19.1 Å². The van der Waals surface area contributed by atoms with E-state index in [0.29, 0.717) is 22.9 Å². The van der Waals surface area contributed by atoms with E-state index in [0.717, 1.165) is 21.4 Å². The van der Waals surface area contributed by atoms with Crippen LogP contribution in [0.25, 0.3) is 10.1 Å². The summed E-state index contributed by atoms with van der Waals surface area (Å²) in [5, 5.41) is 9.22. The van der Waals surface area contributed by atoms with Crippen LogP contribution in [-0.2, 0) is 14.3 Å². The lowest BCUT2D eigenvalue weighted by Crippen LogP contribution is -2.33. The maximum atomic E-state index is 12.4. The van der Waals surface area contributed by atoms with Crippen molar-refractivity contribution in [1.29, 1.82) is 0 Å². The third kappa shape index (κ3) is 4.76. The summed E-state index contributed by atoms with van der Waals surface area (Å²) in [6.07, 6.45) is 0.635. The van der Waals surface area contributed by atoms with Crippen LogP contribution in [0.3, 0.4) is 0 Å². The molecule has 0 saturated heterocycles. The van der Waals surface area contributed by atoms with E-state index >= 15 is 0 Å². The molecule has 31 heavy (non-hydrogen) atoms. The minimum atomic E-state index is -0.717. The van der Waals surface area contributed by atoms with Gasteiger partial charge in [-0.25, -0.2) is 5.01 Å². The number of fused-ring (bicyclic) bond motifs is 1. The van der Waals surface area contributed by atoms with Gasteiger partial charge in [0.25, 0.3) is 11.8 Å². The van der Waals surface area contributed by atoms with Crippen LogP contribution in [0.15, 0.2) is 59.7 Å². The van der Waals surface area contributed by atoms with Crippen LogP contribution < -0.4 is 5.32 Å². The molecule has 9 heteroatoms. The first-order valence-electron chi connectivity index (χ1n) is 9.57. The molecule has 0 saturated carbocycles. The third-order valence-corrected chi connectivity index (χ3v) is 6.36. The van der Waals surface area contributed by atoms with Crippen molar-refractivity contribution in [2.24, 2.45) is 5.10 Å². The third-order valence-electron chi connectivity index (χ3n) is 4.69. The average molecular weight is 456 g/mol. The second kappa shape index (κ2) is 9.28. The standard InChI is InChI=1S/C22H18ClN3O4S/c23-20-15-8-4-5-9-17(15)31-21(20)22(29)24-12-19(28)30-13-18(27)26-11-10-16(25-26)14-6-2-1-3-7-14/h1-9H,10-13H2,(H,24,29). The predicted octanol–water partition coefficient (Wildman–Crippen LogP) is 3.46. The number of carbonyl (C=O) groups excluding carboxylic acids is 3. The van der Waals surface area contributed by atoms with E-state index in [9.17, 15) is 14.4 Å². The zero-order chi connectivity index (χ0) is 21.8. The largest absolute Gasteiger partial charge is 0.454 e. The number of nitrogens with one attached hydrogen (secondary N) is 1. The van der Waals surface area contributed by atoms with E-state index in [4.69, 9.17) is 16.3 Å². The van der Waals surface area contributed by atoms with E-state index in [-0.39, 0.29) is 6.54 Å². The monoisotopic (exact) mass is 455 g/mol. The lowest BCUT2D eigenvalue weighted by molar-refractivity contribution is -0.150. The first-order chi connectivity index (χ1) is 15.0. The molecule has 0 bridgehead atoms. The Morgan fingerprint density at radius 2 is 1.84 bits per heavy atom. The smallest absolute Gasteiger partial charge is 0.325 e. The first-order valence-corrected chi connectivity index (χ1v) is 10.8. The number of benzene rings is 2. The van der Waals surface area contributed by atoms with E-state index in [1.54, 1.807) is 0 Å². The van der Waals surface area contributed by atoms with Crippen LogP contribution >= 0.6 is 22.9 Å². The minimum absolute atomic E-state index is 0.326. The summed E-state index contributed by atoms with van der Waals surface area (Å²) in [5.41, 5.74) is 1.77. The van der Waals surface area contributed by atoms with Crippen molar-refractivity contribution in [2.45, 2.75) is 6.42 Å². The van der Waals surface area contributed by atoms with Crippen molar-refractivity contribution >= 4 is 56.5 Å². The van der Waals surface area contributed by atoms with E-state index in [2.05, 4.69) is 10.4 Å². The van der Waals surface area contributed by atoms with Gasteiger partial charge >= 0.3 is 5.97 Å². The Balaban J connectivity index is 1.26. The highest BCUT2D eigenvalue weighted by atomic mass is 35.5. The SMILES string of the molecule is O=C(CNC(=O)c1sc2ccccc2c1Cl)OCC(=O)N1CCC(c2ccccc2)=N1. The first kappa shape index (κ1) is 21.0. The Labute approximate surface area is 187 Å². The number of rotatable bonds is 6. The normalized spacial score (nSPS) is 13.2. The van der Waals surface area contributed by atoms with Gasteiger partial charge in [-0.05, 0) is 11.6 Å². The molecule has 158 valence electrons. The molecule has 3 aromatic rings. The lowest BCUT2D eigenvalue weighted by atomic mass is 10.1. The zero-order valence-corrected chi connectivity index (χ0v) is 17.9. The highest BCUT2D eigenvalue weighted by Crippen LogP contribution is 2.34. The number of nitrogens with zero attached hydrogens (tertiary/aromatic N) is 2. The van der Waals surface area contributed by atoms with Crippen LogP contribution in [0, 0.1) is 0 Å². The Hall–Kier alpha value is -3.23. The number of hydrogen-bond acceptors (Lipinski definition) is 6. The fourth-order valence-corrected chi connectivity index (χ4v) is 4.56. The number of amides is 2. The van der Waals surface area contributed by atoms with Crippen LogP contribution in [0.1, 0.15) is 21.7 Å². The Morgan fingerprint density at radius 3 is 2.61 bits per heavy atom. The van der Waals surface area contributed by atoms with Gasteiger partial charge in [-0.1, -0.05) is 60.1 Å². The topological polar surface area (TPSA) is 88.1 Å². The molecule has 1 aromatic heterocycles. The summed E-state index contributed by atoms with van der Waals surface area (Å²) in [6, 6.07) is 17.0. The maximum Gasteiger partial charge on any atom is 0.325 e. The number of thiophene rings is 1. The van der Waals surface area contributed by atoms with Gasteiger partial charge in [-0.2, -0.15) is 5.10 Å². The molecule has 1 aliphatic rings. The van der Waals surface area contributed by atoms with Gasteiger partial charge in [-0.15, -0.1) is 11.3 Å². The van der Waals surface area contributed by atoms with E-state index in [1.165, 1.54) is 16.3 Å². The summed E-state index contributed by atoms with van der Waals surface area (Å²) < 4.78 is 5.87. The summed E-state index contributed by atoms with van der Waals surface area (Å²) in [4.78, 5) is 36.9. The summed E-state index contributed by atoms with van der Waals surface area (Å²) in [7, 11) is 0. The molecule has 0 fully saturated rings. The Morgan fingerprint density at radius 1 is 1.10 bits per heavy atom. The maximum absolute atomic E-state index is 12.4. The quantitative estimate of drug-likeness (QED) is 0.576. The molecule has 4 rings (SSSR count). The second-order valence-electron chi connectivity index (χ2n) is 6.76. The summed E-state index contributed by atoms with van der Waals surface area (Å²) in [6.45, 7) is -0.374. The van der Waals surface area contributed by atoms with Crippen molar-refractivity contribution in [1.82, 2.24) is 10.3 Å². The Bertz CT molecular complexity index is 1180. The summed E-state index contributed by atoms with van der Waals surface area (Å²) >= 11 is 7.52. The van der Waals surface area contributed by atoms with Crippen LogP contribution in [0.5, 0.6) is 0 Å². The molecule has 2 aromatic carbocycles. The van der Waals surface area contributed by atoms with Gasteiger partial charge in [0.15, 0.2) is 6.61 Å². The molecule has 0 radical (unpaired) electrons. The molecular weight excluding hydrogens is 438 g/mol. The van der Waals surface area contributed by atoms with Gasteiger partial charge in [0.1, 0.15) is 11.4 Å². The van der Waals surface area contributed by atoms with Gasteiger partial charge in [0.2, 0.25) is 0 Å². The lowest BCUT2D eigenvalue weighted by Gasteiger charge is -2.11. The number of ether oxygens (including phenoxy) is 1. The van der Waals surface area contributed by atoms with E-state index in [1.807, 2.05) is 54.6 Å². The highest BCUT2D eigenvalue weighted by Gasteiger charge is 2.23. The predicted molar refractivity (Wildman–Crippen MR) is 119 cm³/mol. The van der Waals surface area contributed by atoms with Crippen molar-refractivity contribution in [3.8, 4) is 0 Å². The number of halogens is 1. The van der Waals surface area contributed by atoms with Gasteiger partial charge < -0.3 is 10.1 Å². The molecule has 7 nitrogen and oxygen atoms in total. The number of carbonyl (C=O) groups is 3. The van der Waals surface area contributed by atoms with Crippen LogP contribution in [0.2, 0.25) is 5.02 Å². The molecular formula is C22H18ClN3O4S. The highest BCUT2D eigenvalue weighted by molar-refractivity contribution is 7.21. The molecule has 2 amide bonds. The van der Waals surface area contributed by atoms with Crippen molar-refractivity contribution in [3.05, 3.63) is 70.1 Å². The van der Waals surface area contributed by atoms with Crippen molar-refractivity contribution in [3.63, 3.8) is 0 Å². The van der Waals surface area contributed by atoms with Gasteiger partial charge in [-0.3, -0.25) is 14.4 Å². The molecule has 0 spiro atoms. The minimum Gasteiger partial charge on any atom is -0.454 e. The van der Waals surface area contributed by atoms with Crippen LogP contribution in [-0.4, -0.2) is 48.2 Å². The molecule has 0 atom stereocenters. The molecule has 2 heterocycles. The number of esters is 1. The fraction of sp³-hybridized carbons (Fsp3) is 0.182. The Kier molecular flexibility index (Phi) is 6.29. The van der Waals surface area contributed by atoms with Crippen molar-refractivity contribution in [2.75, 3.05) is 19.7 Å². The molecule has 1 aliphatic heterocycles. The fourth-order valence-electron chi connectivity index (χ4n) is 3.13. The average Bonchev–Trinajstić information content (AvgIpc) is 3.42. The molecule has 1 N–H and O–H groups in total. The zero-order valence-electron chi connectivity index (χ0n) is 16.3. The summed E-state index contributed by atoms with van der Waals surface area (Å²) in [5.74, 6) is -1.60. The number of hydrazone groups is 1. The molecule has 0 unspecified atom stereocenters. The second-order valence-corrected chi connectivity index (χ2v) is 8.19. The van der Waals surface area contributed by atoms with Gasteiger partial charge in [0, 0.05) is 16.5 Å².